The van der Waals surface area contributed by atoms with Crippen molar-refractivity contribution >= 4 is 22.6 Å². The molecule has 0 saturated heterocycles. The van der Waals surface area contributed by atoms with Gasteiger partial charge in [-0.05, 0) is 42.4 Å². The molecule has 5 heteroatoms. The Labute approximate surface area is 114 Å². The SMILES string of the molecule is CC(C1CC1)C(Cl)c1ccc2[nH]c(=O)c(=O)[nH]c2c1. The summed E-state index contributed by atoms with van der Waals surface area (Å²) < 4.78 is 0. The summed E-state index contributed by atoms with van der Waals surface area (Å²) in [5, 5.41) is -0.0627. The molecule has 3 rings (SSSR count). The van der Waals surface area contributed by atoms with Crippen molar-refractivity contribution in [2.24, 2.45) is 11.8 Å². The highest BCUT2D eigenvalue weighted by molar-refractivity contribution is 6.21. The number of benzene rings is 1. The molecule has 0 aliphatic heterocycles. The zero-order valence-corrected chi connectivity index (χ0v) is 11.3. The van der Waals surface area contributed by atoms with Crippen molar-refractivity contribution in [1.29, 1.82) is 0 Å². The van der Waals surface area contributed by atoms with Gasteiger partial charge in [-0.1, -0.05) is 13.0 Å². The maximum Gasteiger partial charge on any atom is 0.314 e. The third-order valence-corrected chi connectivity index (χ3v) is 4.54. The zero-order valence-electron chi connectivity index (χ0n) is 10.6. The Morgan fingerprint density at radius 2 is 1.79 bits per heavy atom. The molecule has 0 bridgehead atoms. The highest BCUT2D eigenvalue weighted by atomic mass is 35.5. The van der Waals surface area contributed by atoms with Crippen LogP contribution in [0.1, 0.15) is 30.7 Å². The molecule has 1 fully saturated rings. The Bertz CT molecular complexity index is 730. The van der Waals surface area contributed by atoms with E-state index in [9.17, 15) is 9.59 Å². The fourth-order valence-corrected chi connectivity index (χ4v) is 2.81. The molecule has 0 spiro atoms. The second kappa shape index (κ2) is 4.53. The summed E-state index contributed by atoms with van der Waals surface area (Å²) in [6.07, 6.45) is 2.50. The minimum atomic E-state index is -0.633. The lowest BCUT2D eigenvalue weighted by molar-refractivity contribution is 0.491. The molecule has 1 heterocycles. The third-order valence-electron chi connectivity index (χ3n) is 3.89. The maximum atomic E-state index is 11.3. The summed E-state index contributed by atoms with van der Waals surface area (Å²) in [6, 6.07) is 5.55. The first-order valence-corrected chi connectivity index (χ1v) is 6.90. The molecule has 1 aromatic carbocycles. The molecule has 4 nitrogen and oxygen atoms in total. The summed E-state index contributed by atoms with van der Waals surface area (Å²) in [4.78, 5) is 27.7. The molecule has 19 heavy (non-hydrogen) atoms. The maximum absolute atomic E-state index is 11.3. The topological polar surface area (TPSA) is 65.7 Å². The van der Waals surface area contributed by atoms with Gasteiger partial charge >= 0.3 is 11.1 Å². The van der Waals surface area contributed by atoms with Crippen LogP contribution in [0.4, 0.5) is 0 Å². The van der Waals surface area contributed by atoms with Crippen molar-refractivity contribution in [1.82, 2.24) is 9.97 Å². The van der Waals surface area contributed by atoms with Gasteiger partial charge in [0.15, 0.2) is 0 Å². The van der Waals surface area contributed by atoms with Crippen LogP contribution < -0.4 is 11.1 Å². The van der Waals surface area contributed by atoms with E-state index in [0.29, 0.717) is 22.9 Å². The summed E-state index contributed by atoms with van der Waals surface area (Å²) >= 11 is 6.50. The molecule has 1 aliphatic rings. The smallest absolute Gasteiger partial charge is 0.314 e. The number of alkyl halides is 1. The van der Waals surface area contributed by atoms with Crippen molar-refractivity contribution in [3.05, 3.63) is 44.5 Å². The van der Waals surface area contributed by atoms with Gasteiger partial charge in [-0.25, -0.2) is 0 Å². The minimum absolute atomic E-state index is 0.0627. The second-order valence-electron chi connectivity index (χ2n) is 5.31. The summed E-state index contributed by atoms with van der Waals surface area (Å²) in [5.74, 6) is 1.14. The molecule has 2 unspecified atom stereocenters. The van der Waals surface area contributed by atoms with Gasteiger partial charge in [-0.3, -0.25) is 9.59 Å². The molecule has 1 aromatic heterocycles. The lowest BCUT2D eigenvalue weighted by Gasteiger charge is -2.18. The van der Waals surface area contributed by atoms with E-state index in [1.54, 1.807) is 6.07 Å². The van der Waals surface area contributed by atoms with Crippen molar-refractivity contribution in [2.45, 2.75) is 25.1 Å². The second-order valence-corrected chi connectivity index (χ2v) is 5.78. The van der Waals surface area contributed by atoms with Gasteiger partial charge in [0, 0.05) is 0 Å². The number of halogens is 1. The Morgan fingerprint density at radius 3 is 2.42 bits per heavy atom. The largest absolute Gasteiger partial charge is 0.316 e. The van der Waals surface area contributed by atoms with Crippen molar-refractivity contribution < 1.29 is 0 Å². The highest BCUT2D eigenvalue weighted by Gasteiger charge is 2.33. The van der Waals surface area contributed by atoms with Crippen molar-refractivity contribution in [2.75, 3.05) is 0 Å². The Hall–Kier alpha value is -1.55. The molecule has 0 radical (unpaired) electrons. The van der Waals surface area contributed by atoms with E-state index in [-0.39, 0.29) is 5.38 Å². The zero-order chi connectivity index (χ0) is 13.6. The normalized spacial score (nSPS) is 18.4. The lowest BCUT2D eigenvalue weighted by atomic mass is 9.96. The average molecular weight is 279 g/mol. The number of rotatable bonds is 3. The first kappa shape index (κ1) is 12.5. The highest BCUT2D eigenvalue weighted by Crippen LogP contribution is 2.45. The first-order chi connectivity index (χ1) is 9.06. The molecule has 1 aliphatic carbocycles. The van der Waals surface area contributed by atoms with Gasteiger partial charge in [0.05, 0.1) is 16.4 Å². The molecule has 2 atom stereocenters. The molecule has 2 aromatic rings. The predicted octanol–water partition coefficient (Wildman–Crippen LogP) is 2.54. The summed E-state index contributed by atoms with van der Waals surface area (Å²) in [7, 11) is 0. The number of aromatic amines is 2. The molecular weight excluding hydrogens is 264 g/mol. The lowest BCUT2D eigenvalue weighted by Crippen LogP contribution is -2.28. The Kier molecular flexibility index (Phi) is 2.97. The molecule has 100 valence electrons. The third kappa shape index (κ3) is 2.32. The van der Waals surface area contributed by atoms with Gasteiger partial charge in [0.2, 0.25) is 0 Å². The molecule has 0 amide bonds. The van der Waals surface area contributed by atoms with E-state index in [1.165, 1.54) is 12.8 Å². The number of H-pyrrole nitrogens is 2. The Morgan fingerprint density at radius 1 is 1.16 bits per heavy atom. The number of hydrogen-bond donors (Lipinski definition) is 2. The molecular formula is C14H15ClN2O2. The van der Waals surface area contributed by atoms with Crippen LogP contribution in [0.3, 0.4) is 0 Å². The fourth-order valence-electron chi connectivity index (χ4n) is 2.47. The van der Waals surface area contributed by atoms with Crippen LogP contribution in [0, 0.1) is 11.8 Å². The number of nitrogens with one attached hydrogen (secondary N) is 2. The van der Waals surface area contributed by atoms with Crippen LogP contribution in [0.15, 0.2) is 27.8 Å². The van der Waals surface area contributed by atoms with Crippen LogP contribution in [-0.2, 0) is 0 Å². The summed E-state index contributed by atoms with van der Waals surface area (Å²) in [5.41, 5.74) is 0.961. The number of fused-ring (bicyclic) bond motifs is 1. The van der Waals surface area contributed by atoms with Crippen LogP contribution in [-0.4, -0.2) is 9.97 Å². The van der Waals surface area contributed by atoms with E-state index in [0.717, 1.165) is 5.56 Å². The standard InChI is InChI=1S/C14H15ClN2O2/c1-7(8-2-3-8)12(15)9-4-5-10-11(6-9)17-14(19)13(18)16-10/h4-8,12H,2-3H2,1H3,(H,16,18)(H,17,19). The quantitative estimate of drug-likeness (QED) is 0.669. The van der Waals surface area contributed by atoms with Gasteiger partial charge in [0.25, 0.3) is 0 Å². The molecule has 1 saturated carbocycles. The van der Waals surface area contributed by atoms with E-state index >= 15 is 0 Å². The fraction of sp³-hybridized carbons (Fsp3) is 0.429. The van der Waals surface area contributed by atoms with Gasteiger partial charge in [-0.2, -0.15) is 0 Å². The predicted molar refractivity (Wildman–Crippen MR) is 75.7 cm³/mol. The van der Waals surface area contributed by atoms with E-state index in [4.69, 9.17) is 11.6 Å². The van der Waals surface area contributed by atoms with Crippen LogP contribution >= 0.6 is 11.6 Å². The Balaban J connectivity index is 2.03. The van der Waals surface area contributed by atoms with Crippen LogP contribution in [0.2, 0.25) is 0 Å². The summed E-state index contributed by atoms with van der Waals surface area (Å²) in [6.45, 7) is 2.16. The van der Waals surface area contributed by atoms with Crippen LogP contribution in [0.25, 0.3) is 11.0 Å². The van der Waals surface area contributed by atoms with Crippen LogP contribution in [0.5, 0.6) is 0 Å². The van der Waals surface area contributed by atoms with Gasteiger partial charge in [0.1, 0.15) is 0 Å². The van der Waals surface area contributed by atoms with Gasteiger partial charge in [-0.15, -0.1) is 11.6 Å². The van der Waals surface area contributed by atoms with Crippen molar-refractivity contribution in [3.63, 3.8) is 0 Å². The number of aromatic nitrogens is 2. The van der Waals surface area contributed by atoms with E-state index < -0.39 is 11.1 Å². The minimum Gasteiger partial charge on any atom is -0.316 e. The monoisotopic (exact) mass is 278 g/mol. The van der Waals surface area contributed by atoms with Crippen molar-refractivity contribution in [3.8, 4) is 0 Å². The van der Waals surface area contributed by atoms with E-state index in [1.807, 2.05) is 12.1 Å². The first-order valence-electron chi connectivity index (χ1n) is 6.46. The molecule has 2 N–H and O–H groups in total. The van der Waals surface area contributed by atoms with E-state index in [2.05, 4.69) is 16.9 Å². The number of hydrogen-bond acceptors (Lipinski definition) is 2. The average Bonchev–Trinajstić information content (AvgIpc) is 3.22. The van der Waals surface area contributed by atoms with Gasteiger partial charge < -0.3 is 9.97 Å².